The number of hydrogen-bond acceptors (Lipinski definition) is 4. The highest BCUT2D eigenvalue weighted by molar-refractivity contribution is 6.42. The molecule has 36 heavy (non-hydrogen) atoms. The molecule has 1 fully saturated rings. The molecule has 2 amide bonds. The number of fused-ring (bicyclic) bond motifs is 2. The molecule has 6 nitrogen and oxygen atoms in total. The van der Waals surface area contributed by atoms with Gasteiger partial charge in [0.25, 0.3) is 0 Å². The molecule has 0 bridgehead atoms. The van der Waals surface area contributed by atoms with Crippen molar-refractivity contribution >= 4 is 35.2 Å². The first kappa shape index (κ1) is 26.8. The minimum atomic E-state index is -0.588. The molecule has 0 unspecified atom stereocenters. The number of rotatable bonds is 5. The maximum atomic E-state index is 12.9. The molecule has 2 aromatic rings. The summed E-state index contributed by atoms with van der Waals surface area (Å²) in [6, 6.07) is 13.6. The first-order valence-corrected chi connectivity index (χ1v) is 13.3. The number of halogens is 2. The number of benzene rings is 2. The summed E-state index contributed by atoms with van der Waals surface area (Å²) in [7, 11) is 1.76. The number of hydrogen-bond donors (Lipinski definition) is 1. The highest BCUT2D eigenvalue weighted by atomic mass is 35.5. The van der Waals surface area contributed by atoms with Gasteiger partial charge in [0.15, 0.2) is 0 Å². The van der Waals surface area contributed by atoms with Gasteiger partial charge in [-0.25, -0.2) is 4.79 Å². The maximum absolute atomic E-state index is 12.9. The molecular formula is C28H35Cl2N3O3. The molecule has 2 heterocycles. The third kappa shape index (κ3) is 5.99. The first-order chi connectivity index (χ1) is 17.0. The molecule has 1 saturated heterocycles. The fourth-order valence-electron chi connectivity index (χ4n) is 5.31. The van der Waals surface area contributed by atoms with Crippen LogP contribution in [0.3, 0.4) is 0 Å². The lowest BCUT2D eigenvalue weighted by Crippen LogP contribution is -2.56. The summed E-state index contributed by atoms with van der Waals surface area (Å²) in [6.07, 6.45) is 2.50. The smallest absolute Gasteiger partial charge is 0.410 e. The second-order valence-corrected chi connectivity index (χ2v) is 11.7. The van der Waals surface area contributed by atoms with Crippen LogP contribution in [0, 0.1) is 0 Å². The number of likely N-dealkylation sites (tertiary alicyclic amines) is 1. The molecule has 0 aliphatic carbocycles. The van der Waals surface area contributed by atoms with Crippen LogP contribution in [0.15, 0.2) is 42.5 Å². The Morgan fingerprint density at radius 1 is 1.14 bits per heavy atom. The minimum absolute atomic E-state index is 0.0980. The molecule has 0 radical (unpaired) electrons. The lowest BCUT2D eigenvalue weighted by Gasteiger charge is -2.46. The highest BCUT2D eigenvalue weighted by Crippen LogP contribution is 2.38. The van der Waals surface area contributed by atoms with E-state index in [4.69, 9.17) is 27.9 Å². The summed E-state index contributed by atoms with van der Waals surface area (Å²) < 4.78 is 5.64. The van der Waals surface area contributed by atoms with E-state index >= 15 is 0 Å². The van der Waals surface area contributed by atoms with Crippen LogP contribution in [0.1, 0.15) is 62.8 Å². The molecule has 194 valence electrons. The van der Waals surface area contributed by atoms with Crippen molar-refractivity contribution in [3.05, 3.63) is 69.2 Å². The van der Waals surface area contributed by atoms with E-state index in [2.05, 4.69) is 28.4 Å². The van der Waals surface area contributed by atoms with E-state index in [9.17, 15) is 9.59 Å². The second kappa shape index (κ2) is 10.6. The van der Waals surface area contributed by atoms with Crippen LogP contribution in [-0.2, 0) is 21.5 Å². The molecule has 1 atom stereocenters. The predicted octanol–water partition coefficient (Wildman–Crippen LogP) is 5.96. The maximum Gasteiger partial charge on any atom is 0.410 e. The summed E-state index contributed by atoms with van der Waals surface area (Å²) in [5.41, 5.74) is 2.42. The Balaban J connectivity index is 1.46. The molecule has 2 aromatic carbocycles. The molecule has 0 aromatic heterocycles. The normalized spacial score (nSPS) is 18.3. The third-order valence-electron chi connectivity index (χ3n) is 7.17. The van der Waals surface area contributed by atoms with Gasteiger partial charge >= 0.3 is 6.09 Å². The van der Waals surface area contributed by atoms with Crippen molar-refractivity contribution in [1.82, 2.24) is 15.1 Å². The van der Waals surface area contributed by atoms with E-state index in [1.54, 1.807) is 18.0 Å². The van der Waals surface area contributed by atoms with Crippen molar-refractivity contribution < 1.29 is 14.3 Å². The Labute approximate surface area is 223 Å². The molecule has 2 aliphatic heterocycles. The molecule has 2 aliphatic rings. The number of amides is 2. The van der Waals surface area contributed by atoms with Gasteiger partial charge in [-0.3, -0.25) is 4.79 Å². The largest absolute Gasteiger partial charge is 0.444 e. The van der Waals surface area contributed by atoms with E-state index in [0.717, 1.165) is 43.6 Å². The van der Waals surface area contributed by atoms with Crippen LogP contribution < -0.4 is 5.32 Å². The number of carbonyl (C=O) groups is 2. The zero-order valence-corrected chi connectivity index (χ0v) is 23.0. The monoisotopic (exact) mass is 531 g/mol. The third-order valence-corrected chi connectivity index (χ3v) is 7.91. The number of nitrogens with zero attached hydrogens (tertiary/aromatic N) is 2. The Hall–Kier alpha value is -2.28. The van der Waals surface area contributed by atoms with Crippen LogP contribution in [-0.4, -0.2) is 54.1 Å². The Morgan fingerprint density at radius 2 is 1.83 bits per heavy atom. The lowest BCUT2D eigenvalue weighted by atomic mass is 9.75. The average Bonchev–Trinajstić information content (AvgIpc) is 2.81. The van der Waals surface area contributed by atoms with Crippen molar-refractivity contribution in [3.8, 4) is 0 Å². The van der Waals surface area contributed by atoms with Crippen LogP contribution in [0.25, 0.3) is 0 Å². The zero-order chi connectivity index (χ0) is 26.1. The van der Waals surface area contributed by atoms with Gasteiger partial charge in [0.1, 0.15) is 5.60 Å². The predicted molar refractivity (Wildman–Crippen MR) is 143 cm³/mol. The topological polar surface area (TPSA) is 61.9 Å². The van der Waals surface area contributed by atoms with Crippen molar-refractivity contribution in [2.75, 3.05) is 26.7 Å². The lowest BCUT2D eigenvalue weighted by molar-refractivity contribution is -0.124. The Morgan fingerprint density at radius 3 is 2.50 bits per heavy atom. The van der Waals surface area contributed by atoms with Gasteiger partial charge in [0.05, 0.1) is 28.0 Å². The van der Waals surface area contributed by atoms with Crippen LogP contribution >= 0.6 is 23.2 Å². The molecular weight excluding hydrogens is 497 g/mol. The SMILES string of the molecule is CN(C(=O)OC(C)(C)C)[C@@H](CCN1CCC2(CC1)NC(=O)Cc1ccccc12)c1ccc(Cl)c(Cl)c1. The van der Waals surface area contributed by atoms with Crippen molar-refractivity contribution in [1.29, 1.82) is 0 Å². The standard InChI is InChI=1S/C28H35Cl2N3O3/c1-27(2,3)36-26(35)32(4)24(20-9-10-22(29)23(30)17-20)11-14-33-15-12-28(13-16-33)21-8-6-5-7-19(21)18-25(34)31-28/h5-10,17,24H,11-16,18H2,1-4H3,(H,31,34)/t24-/m0/s1. The summed E-state index contributed by atoms with van der Waals surface area (Å²) in [5, 5.41) is 4.25. The van der Waals surface area contributed by atoms with E-state index in [-0.39, 0.29) is 23.6 Å². The fourth-order valence-corrected chi connectivity index (χ4v) is 5.62. The molecule has 0 saturated carbocycles. The summed E-state index contributed by atoms with van der Waals surface area (Å²) in [6.45, 7) is 8.09. The highest BCUT2D eigenvalue weighted by Gasteiger charge is 2.41. The fraction of sp³-hybridized carbons (Fsp3) is 0.500. The Kier molecular flexibility index (Phi) is 7.89. The van der Waals surface area contributed by atoms with Crippen molar-refractivity contribution in [3.63, 3.8) is 0 Å². The van der Waals surface area contributed by atoms with E-state index in [1.807, 2.05) is 39.0 Å². The van der Waals surface area contributed by atoms with Crippen LogP contribution in [0.4, 0.5) is 4.79 Å². The van der Waals surface area contributed by atoms with Crippen LogP contribution in [0.5, 0.6) is 0 Å². The summed E-state index contributed by atoms with van der Waals surface area (Å²) in [4.78, 5) is 29.4. The number of carbonyl (C=O) groups excluding carboxylic acids is 2. The Bertz CT molecular complexity index is 1120. The quantitative estimate of drug-likeness (QED) is 0.517. The van der Waals surface area contributed by atoms with Gasteiger partial charge in [-0.15, -0.1) is 0 Å². The van der Waals surface area contributed by atoms with E-state index in [0.29, 0.717) is 22.9 Å². The minimum Gasteiger partial charge on any atom is -0.444 e. The van der Waals surface area contributed by atoms with Crippen molar-refractivity contribution in [2.45, 2.75) is 63.6 Å². The van der Waals surface area contributed by atoms with Crippen molar-refractivity contribution in [2.24, 2.45) is 0 Å². The van der Waals surface area contributed by atoms with Gasteiger partial charge < -0.3 is 19.9 Å². The molecule has 1 N–H and O–H groups in total. The second-order valence-electron chi connectivity index (χ2n) is 10.9. The summed E-state index contributed by atoms with van der Waals surface area (Å²) >= 11 is 12.5. The van der Waals surface area contributed by atoms with E-state index < -0.39 is 5.60 Å². The van der Waals surface area contributed by atoms with Gasteiger partial charge in [-0.05, 0) is 68.9 Å². The van der Waals surface area contributed by atoms with Gasteiger partial charge in [0, 0.05) is 26.7 Å². The zero-order valence-electron chi connectivity index (χ0n) is 21.4. The van der Waals surface area contributed by atoms with E-state index in [1.165, 1.54) is 5.56 Å². The number of ether oxygens (including phenoxy) is 1. The molecule has 8 heteroatoms. The first-order valence-electron chi connectivity index (χ1n) is 12.5. The average molecular weight is 533 g/mol. The van der Waals surface area contributed by atoms with Gasteiger partial charge in [-0.1, -0.05) is 53.5 Å². The van der Waals surface area contributed by atoms with Gasteiger partial charge in [-0.2, -0.15) is 0 Å². The number of nitrogens with one attached hydrogen (secondary N) is 1. The summed E-state index contributed by atoms with van der Waals surface area (Å²) in [5.74, 6) is 0.0980. The molecule has 4 rings (SSSR count). The molecule has 1 spiro atoms. The van der Waals surface area contributed by atoms with Crippen LogP contribution in [0.2, 0.25) is 10.0 Å². The number of piperidine rings is 1. The van der Waals surface area contributed by atoms with Gasteiger partial charge in [0.2, 0.25) is 5.91 Å².